The van der Waals surface area contributed by atoms with Crippen LogP contribution in [0.1, 0.15) is 0 Å². The van der Waals surface area contributed by atoms with Crippen molar-refractivity contribution in [2.24, 2.45) is 0 Å². The maximum atomic E-state index is 5.72. The number of aromatic nitrogens is 2. The summed E-state index contributed by atoms with van der Waals surface area (Å²) in [5.41, 5.74) is 9.28. The lowest BCUT2D eigenvalue weighted by molar-refractivity contribution is 1.31. The van der Waals surface area contributed by atoms with Crippen molar-refractivity contribution < 1.29 is 0 Å². The monoisotopic (exact) mass is 224 g/mol. The quantitative estimate of drug-likeness (QED) is 0.586. The van der Waals surface area contributed by atoms with Gasteiger partial charge < -0.3 is 16.0 Å². The Labute approximate surface area is 98.5 Å². The molecular weight excluding hydrogens is 212 g/mol. The van der Waals surface area contributed by atoms with Crippen LogP contribution in [0.5, 0.6) is 0 Å². The first-order valence-corrected chi connectivity index (χ1v) is 5.38. The van der Waals surface area contributed by atoms with E-state index in [2.05, 4.69) is 15.3 Å². The highest BCUT2D eigenvalue weighted by molar-refractivity contribution is 5.81. The van der Waals surface area contributed by atoms with Crippen LogP contribution in [0.25, 0.3) is 11.0 Å². The summed E-state index contributed by atoms with van der Waals surface area (Å²) in [5, 5.41) is 3.21. The number of imidazole rings is 1. The van der Waals surface area contributed by atoms with Crippen molar-refractivity contribution in [3.8, 4) is 0 Å². The van der Waals surface area contributed by atoms with Crippen LogP contribution in [0.2, 0.25) is 0 Å². The molecule has 4 N–H and O–H groups in total. The average molecular weight is 224 g/mol. The molecule has 0 saturated carbocycles. The van der Waals surface area contributed by atoms with E-state index in [9.17, 15) is 0 Å². The summed E-state index contributed by atoms with van der Waals surface area (Å²) in [7, 11) is 0. The number of aromatic amines is 1. The number of H-pyrrole nitrogens is 1. The predicted octanol–water partition coefficient (Wildman–Crippen LogP) is 2.89. The number of nitrogens with two attached hydrogens (primary N) is 1. The molecule has 4 nitrogen and oxygen atoms in total. The molecule has 0 aliphatic heterocycles. The molecule has 0 fully saturated rings. The number of para-hydroxylation sites is 1. The van der Waals surface area contributed by atoms with Gasteiger partial charge in [-0.3, -0.25) is 0 Å². The van der Waals surface area contributed by atoms with Crippen LogP contribution >= 0.6 is 0 Å². The summed E-state index contributed by atoms with van der Waals surface area (Å²) in [6, 6.07) is 15.5. The lowest BCUT2D eigenvalue weighted by atomic mass is 10.3. The van der Waals surface area contributed by atoms with Gasteiger partial charge in [-0.05, 0) is 30.3 Å². The summed E-state index contributed by atoms with van der Waals surface area (Å²) in [6.45, 7) is 0. The van der Waals surface area contributed by atoms with Gasteiger partial charge in [0.15, 0.2) is 0 Å². The van der Waals surface area contributed by atoms with Crippen molar-refractivity contribution in [1.29, 1.82) is 0 Å². The van der Waals surface area contributed by atoms with Gasteiger partial charge in [-0.15, -0.1) is 0 Å². The zero-order valence-corrected chi connectivity index (χ0v) is 9.14. The number of nitrogens with one attached hydrogen (secondary N) is 2. The SMILES string of the molecule is Nc1ccc2nc(Nc3ccccc3)[nH]c2c1. The number of nitrogen functional groups attached to an aromatic ring is 1. The lowest BCUT2D eigenvalue weighted by Crippen LogP contribution is -1.90. The van der Waals surface area contributed by atoms with Gasteiger partial charge in [0.25, 0.3) is 0 Å². The van der Waals surface area contributed by atoms with Gasteiger partial charge in [0, 0.05) is 11.4 Å². The molecule has 0 unspecified atom stereocenters. The zero-order chi connectivity index (χ0) is 11.7. The third-order valence-corrected chi connectivity index (χ3v) is 2.54. The van der Waals surface area contributed by atoms with E-state index in [-0.39, 0.29) is 0 Å². The average Bonchev–Trinajstić information content (AvgIpc) is 2.71. The number of nitrogens with zero attached hydrogens (tertiary/aromatic N) is 1. The normalized spacial score (nSPS) is 10.6. The van der Waals surface area contributed by atoms with Crippen molar-refractivity contribution in [1.82, 2.24) is 9.97 Å². The number of hydrogen-bond acceptors (Lipinski definition) is 3. The molecule has 1 aromatic heterocycles. The Morgan fingerprint density at radius 1 is 1.06 bits per heavy atom. The topological polar surface area (TPSA) is 66.7 Å². The van der Waals surface area contributed by atoms with Crippen molar-refractivity contribution in [2.75, 3.05) is 11.1 Å². The summed E-state index contributed by atoms with van der Waals surface area (Å²) in [4.78, 5) is 7.61. The van der Waals surface area contributed by atoms with Gasteiger partial charge in [0.2, 0.25) is 5.95 Å². The molecule has 3 aromatic rings. The fourth-order valence-corrected chi connectivity index (χ4v) is 1.74. The summed E-state index contributed by atoms with van der Waals surface area (Å²) < 4.78 is 0. The largest absolute Gasteiger partial charge is 0.399 e. The van der Waals surface area contributed by atoms with Crippen LogP contribution in [0.4, 0.5) is 17.3 Å². The van der Waals surface area contributed by atoms with E-state index in [0.29, 0.717) is 0 Å². The van der Waals surface area contributed by atoms with Crippen molar-refractivity contribution in [3.05, 3.63) is 48.5 Å². The first kappa shape index (κ1) is 9.72. The summed E-state index contributed by atoms with van der Waals surface area (Å²) >= 11 is 0. The number of benzene rings is 2. The van der Waals surface area contributed by atoms with Gasteiger partial charge in [0.05, 0.1) is 11.0 Å². The third-order valence-electron chi connectivity index (χ3n) is 2.54. The van der Waals surface area contributed by atoms with Crippen LogP contribution in [0.15, 0.2) is 48.5 Å². The minimum atomic E-state index is 0.719. The van der Waals surface area contributed by atoms with Crippen LogP contribution in [0, 0.1) is 0 Å². The highest BCUT2D eigenvalue weighted by Crippen LogP contribution is 2.19. The molecule has 0 atom stereocenters. The first-order chi connectivity index (χ1) is 8.31. The maximum Gasteiger partial charge on any atom is 0.205 e. The molecule has 0 saturated heterocycles. The molecule has 0 aliphatic rings. The minimum Gasteiger partial charge on any atom is -0.399 e. The molecule has 0 radical (unpaired) electrons. The molecule has 84 valence electrons. The Bertz CT molecular complexity index is 643. The molecule has 3 rings (SSSR count). The van der Waals surface area contributed by atoms with Gasteiger partial charge in [-0.1, -0.05) is 18.2 Å². The van der Waals surface area contributed by atoms with E-state index < -0.39 is 0 Å². The maximum absolute atomic E-state index is 5.72. The molecule has 0 bridgehead atoms. The smallest absolute Gasteiger partial charge is 0.205 e. The number of fused-ring (bicyclic) bond motifs is 1. The fourth-order valence-electron chi connectivity index (χ4n) is 1.74. The van der Waals surface area contributed by atoms with E-state index in [1.807, 2.05) is 48.5 Å². The molecule has 0 spiro atoms. The zero-order valence-electron chi connectivity index (χ0n) is 9.14. The fraction of sp³-hybridized carbons (Fsp3) is 0. The molecule has 17 heavy (non-hydrogen) atoms. The van der Waals surface area contributed by atoms with Crippen LogP contribution in [-0.2, 0) is 0 Å². The Balaban J connectivity index is 1.96. The second-order valence-electron chi connectivity index (χ2n) is 3.85. The summed E-state index contributed by atoms with van der Waals surface area (Å²) in [5.74, 6) is 0.719. The molecule has 0 amide bonds. The Kier molecular flexibility index (Phi) is 2.19. The molecule has 4 heteroatoms. The van der Waals surface area contributed by atoms with Crippen LogP contribution in [0.3, 0.4) is 0 Å². The van der Waals surface area contributed by atoms with Crippen molar-refractivity contribution >= 4 is 28.4 Å². The van der Waals surface area contributed by atoms with E-state index in [0.717, 1.165) is 28.4 Å². The number of anilines is 3. The second kappa shape index (κ2) is 3.83. The lowest BCUT2D eigenvalue weighted by Gasteiger charge is -2.00. The Morgan fingerprint density at radius 3 is 2.71 bits per heavy atom. The minimum absolute atomic E-state index is 0.719. The van der Waals surface area contributed by atoms with Gasteiger partial charge in [-0.2, -0.15) is 0 Å². The Morgan fingerprint density at radius 2 is 1.88 bits per heavy atom. The number of hydrogen-bond donors (Lipinski definition) is 3. The predicted molar refractivity (Wildman–Crippen MR) is 70.2 cm³/mol. The van der Waals surface area contributed by atoms with Crippen molar-refractivity contribution in [2.45, 2.75) is 0 Å². The van der Waals surface area contributed by atoms with E-state index >= 15 is 0 Å². The van der Waals surface area contributed by atoms with Crippen molar-refractivity contribution in [3.63, 3.8) is 0 Å². The second-order valence-corrected chi connectivity index (χ2v) is 3.85. The third kappa shape index (κ3) is 1.92. The van der Waals surface area contributed by atoms with E-state index in [1.165, 1.54) is 0 Å². The highest BCUT2D eigenvalue weighted by atomic mass is 15.1. The molecular formula is C13H12N4. The Hall–Kier alpha value is -2.49. The van der Waals surface area contributed by atoms with E-state index in [1.54, 1.807) is 0 Å². The van der Waals surface area contributed by atoms with Crippen LogP contribution in [-0.4, -0.2) is 9.97 Å². The summed E-state index contributed by atoms with van der Waals surface area (Å²) in [6.07, 6.45) is 0. The molecule has 0 aliphatic carbocycles. The molecule has 2 aromatic carbocycles. The standard InChI is InChI=1S/C13H12N4/c14-9-6-7-11-12(8-9)17-13(16-11)15-10-4-2-1-3-5-10/h1-8H,14H2,(H2,15,16,17). The van der Waals surface area contributed by atoms with Crippen LogP contribution < -0.4 is 11.1 Å². The molecule has 1 heterocycles. The highest BCUT2D eigenvalue weighted by Gasteiger charge is 2.02. The van der Waals surface area contributed by atoms with Gasteiger partial charge in [-0.25, -0.2) is 4.98 Å². The van der Waals surface area contributed by atoms with Gasteiger partial charge >= 0.3 is 0 Å². The van der Waals surface area contributed by atoms with E-state index in [4.69, 9.17) is 5.73 Å². The number of rotatable bonds is 2. The first-order valence-electron chi connectivity index (χ1n) is 5.38. The van der Waals surface area contributed by atoms with Gasteiger partial charge in [0.1, 0.15) is 0 Å².